The summed E-state index contributed by atoms with van der Waals surface area (Å²) in [7, 11) is 1.97. The molecule has 0 bridgehead atoms. The number of nitrogens with two attached hydrogens (primary N) is 1. The molecule has 0 radical (unpaired) electrons. The molecular formula is C17H20BrFN2. The molecular weight excluding hydrogens is 331 g/mol. The lowest BCUT2D eigenvalue weighted by molar-refractivity contribution is 0.206. The van der Waals surface area contributed by atoms with Crippen molar-refractivity contribution >= 4 is 15.9 Å². The number of likely N-dealkylation sites (N-methyl/N-ethyl adjacent to an activating group) is 1. The van der Waals surface area contributed by atoms with Crippen molar-refractivity contribution in [2.45, 2.75) is 25.6 Å². The Morgan fingerprint density at radius 2 is 1.90 bits per heavy atom. The summed E-state index contributed by atoms with van der Waals surface area (Å²) in [5, 5.41) is 0. The maximum Gasteiger partial charge on any atom is 0.128 e. The predicted octanol–water partition coefficient (Wildman–Crippen LogP) is 4.11. The molecule has 2 nitrogen and oxygen atoms in total. The molecule has 0 spiro atoms. The number of rotatable bonds is 5. The zero-order valence-corrected chi connectivity index (χ0v) is 13.8. The van der Waals surface area contributed by atoms with Crippen LogP contribution in [-0.2, 0) is 6.54 Å². The van der Waals surface area contributed by atoms with Gasteiger partial charge in [0.15, 0.2) is 0 Å². The first-order valence-electron chi connectivity index (χ1n) is 6.93. The molecule has 4 heteroatoms. The maximum atomic E-state index is 14.1. The second-order valence-electron chi connectivity index (χ2n) is 5.37. The number of hydrogen-bond donors (Lipinski definition) is 1. The van der Waals surface area contributed by atoms with Crippen LogP contribution in [0, 0.1) is 5.82 Å². The van der Waals surface area contributed by atoms with Gasteiger partial charge in [0.25, 0.3) is 0 Å². The lowest BCUT2D eigenvalue weighted by atomic mass is 9.98. The van der Waals surface area contributed by atoms with Gasteiger partial charge in [-0.3, -0.25) is 4.90 Å². The summed E-state index contributed by atoms with van der Waals surface area (Å²) in [6.45, 7) is 2.62. The molecule has 0 amide bonds. The lowest BCUT2D eigenvalue weighted by Gasteiger charge is -2.31. The third kappa shape index (κ3) is 4.13. The second kappa shape index (κ2) is 7.16. The molecule has 0 saturated carbocycles. The van der Waals surface area contributed by atoms with E-state index in [4.69, 9.17) is 5.73 Å². The third-order valence-electron chi connectivity index (χ3n) is 3.52. The summed E-state index contributed by atoms with van der Waals surface area (Å²) in [6, 6.07) is 14.6. The fraction of sp³-hybridized carbons (Fsp3) is 0.294. The van der Waals surface area contributed by atoms with Crippen LogP contribution in [-0.4, -0.2) is 18.0 Å². The van der Waals surface area contributed by atoms with E-state index >= 15 is 0 Å². The number of halogens is 2. The van der Waals surface area contributed by atoms with Gasteiger partial charge in [0.05, 0.1) is 6.04 Å². The van der Waals surface area contributed by atoms with Crippen molar-refractivity contribution < 1.29 is 4.39 Å². The van der Waals surface area contributed by atoms with Gasteiger partial charge in [-0.15, -0.1) is 0 Å². The molecule has 0 aliphatic carbocycles. The van der Waals surface area contributed by atoms with Gasteiger partial charge < -0.3 is 5.73 Å². The van der Waals surface area contributed by atoms with E-state index in [1.54, 1.807) is 12.1 Å². The van der Waals surface area contributed by atoms with E-state index < -0.39 is 0 Å². The molecule has 2 aromatic carbocycles. The minimum absolute atomic E-state index is 0.162. The summed E-state index contributed by atoms with van der Waals surface area (Å²) in [5.74, 6) is -0.208. The van der Waals surface area contributed by atoms with Crippen molar-refractivity contribution in [2.24, 2.45) is 5.73 Å². The van der Waals surface area contributed by atoms with Gasteiger partial charge >= 0.3 is 0 Å². The standard InChI is InChI=1S/C17H20BrFN2/c1-12(20)17(15-8-3-4-9-16(15)19)21(2)11-13-6-5-7-14(18)10-13/h3-10,12,17H,11,20H2,1-2H3. The highest BCUT2D eigenvalue weighted by Gasteiger charge is 2.23. The number of nitrogens with zero attached hydrogens (tertiary/aromatic N) is 1. The van der Waals surface area contributed by atoms with Crippen molar-refractivity contribution in [1.29, 1.82) is 0 Å². The second-order valence-corrected chi connectivity index (χ2v) is 6.29. The van der Waals surface area contributed by atoms with Gasteiger partial charge in [-0.2, -0.15) is 0 Å². The average Bonchev–Trinajstić information content (AvgIpc) is 2.41. The maximum absolute atomic E-state index is 14.1. The highest BCUT2D eigenvalue weighted by atomic mass is 79.9. The largest absolute Gasteiger partial charge is 0.326 e. The first-order valence-corrected chi connectivity index (χ1v) is 7.73. The molecule has 2 N–H and O–H groups in total. The van der Waals surface area contributed by atoms with Crippen molar-refractivity contribution in [3.05, 3.63) is 69.9 Å². The SMILES string of the molecule is CC(N)C(c1ccccc1F)N(C)Cc1cccc(Br)c1. The molecule has 2 unspecified atom stereocenters. The van der Waals surface area contributed by atoms with Crippen LogP contribution in [0.1, 0.15) is 24.1 Å². The first-order chi connectivity index (χ1) is 9.99. The van der Waals surface area contributed by atoms with E-state index in [1.807, 2.05) is 32.2 Å². The molecule has 0 aliphatic rings. The fourth-order valence-corrected chi connectivity index (χ4v) is 3.11. The molecule has 0 aliphatic heterocycles. The summed E-state index contributed by atoms with van der Waals surface area (Å²) < 4.78 is 15.1. The van der Waals surface area contributed by atoms with Gasteiger partial charge in [0, 0.05) is 22.6 Å². The van der Waals surface area contributed by atoms with Crippen molar-refractivity contribution in [3.8, 4) is 0 Å². The molecule has 112 valence electrons. The van der Waals surface area contributed by atoms with Crippen LogP contribution < -0.4 is 5.73 Å². The Morgan fingerprint density at radius 1 is 1.19 bits per heavy atom. The van der Waals surface area contributed by atoms with E-state index in [9.17, 15) is 4.39 Å². The van der Waals surface area contributed by atoms with E-state index in [-0.39, 0.29) is 17.9 Å². The van der Waals surface area contributed by atoms with Crippen LogP contribution in [0.4, 0.5) is 4.39 Å². The Morgan fingerprint density at radius 3 is 2.52 bits per heavy atom. The zero-order valence-electron chi connectivity index (χ0n) is 12.3. The lowest BCUT2D eigenvalue weighted by Crippen LogP contribution is -2.37. The predicted molar refractivity (Wildman–Crippen MR) is 88.4 cm³/mol. The van der Waals surface area contributed by atoms with Crippen LogP contribution in [0.25, 0.3) is 0 Å². The Bertz CT molecular complexity index is 601. The Labute approximate surface area is 133 Å². The minimum Gasteiger partial charge on any atom is -0.326 e. The summed E-state index contributed by atoms with van der Waals surface area (Å²) >= 11 is 3.47. The average molecular weight is 351 g/mol. The first kappa shape index (κ1) is 16.1. The van der Waals surface area contributed by atoms with Crippen LogP contribution in [0.3, 0.4) is 0 Å². The topological polar surface area (TPSA) is 29.3 Å². The Hall–Kier alpha value is -1.23. The van der Waals surface area contributed by atoms with Gasteiger partial charge in [-0.1, -0.05) is 46.3 Å². The summed E-state index contributed by atoms with van der Waals surface area (Å²) in [4.78, 5) is 2.09. The molecule has 0 fully saturated rings. The highest BCUT2D eigenvalue weighted by molar-refractivity contribution is 9.10. The van der Waals surface area contributed by atoms with Crippen molar-refractivity contribution in [2.75, 3.05) is 7.05 Å². The van der Waals surface area contributed by atoms with E-state index in [2.05, 4.69) is 33.0 Å². The summed E-state index contributed by atoms with van der Waals surface area (Å²) in [6.07, 6.45) is 0. The molecule has 2 rings (SSSR count). The van der Waals surface area contributed by atoms with Crippen LogP contribution in [0.15, 0.2) is 53.0 Å². The summed E-state index contributed by atoms with van der Waals surface area (Å²) in [5.41, 5.74) is 7.91. The molecule has 21 heavy (non-hydrogen) atoms. The molecule has 2 atom stereocenters. The fourth-order valence-electron chi connectivity index (χ4n) is 2.66. The Balaban J connectivity index is 2.24. The van der Waals surface area contributed by atoms with Crippen LogP contribution in [0.2, 0.25) is 0 Å². The van der Waals surface area contributed by atoms with E-state index in [0.29, 0.717) is 12.1 Å². The molecule has 0 saturated heterocycles. The molecule has 2 aromatic rings. The van der Waals surface area contributed by atoms with Gasteiger partial charge in [-0.25, -0.2) is 4.39 Å². The number of hydrogen-bond acceptors (Lipinski definition) is 2. The minimum atomic E-state index is -0.208. The monoisotopic (exact) mass is 350 g/mol. The van der Waals surface area contributed by atoms with Gasteiger partial charge in [0.2, 0.25) is 0 Å². The van der Waals surface area contributed by atoms with E-state index in [1.165, 1.54) is 6.07 Å². The zero-order chi connectivity index (χ0) is 15.4. The Kier molecular flexibility index (Phi) is 5.51. The normalized spacial score (nSPS) is 14.2. The van der Waals surface area contributed by atoms with Crippen molar-refractivity contribution in [1.82, 2.24) is 4.90 Å². The number of benzene rings is 2. The van der Waals surface area contributed by atoms with Gasteiger partial charge in [-0.05, 0) is 37.7 Å². The van der Waals surface area contributed by atoms with Crippen molar-refractivity contribution in [3.63, 3.8) is 0 Å². The van der Waals surface area contributed by atoms with Gasteiger partial charge in [0.1, 0.15) is 5.82 Å². The smallest absolute Gasteiger partial charge is 0.128 e. The highest BCUT2D eigenvalue weighted by Crippen LogP contribution is 2.26. The van der Waals surface area contributed by atoms with Crippen LogP contribution >= 0.6 is 15.9 Å². The quantitative estimate of drug-likeness (QED) is 0.879. The molecule has 0 heterocycles. The van der Waals surface area contributed by atoms with Crippen LogP contribution in [0.5, 0.6) is 0 Å². The molecule has 0 aromatic heterocycles. The third-order valence-corrected chi connectivity index (χ3v) is 4.01. The van der Waals surface area contributed by atoms with E-state index in [0.717, 1.165) is 10.0 Å².